The standard InChI is InChI=1S/C10H14N2O/c1-7(2)9-5-4-6-10(12-9)11-8(3)13/h4-7H,1-3H3,(H,11,12,13). The third kappa shape index (κ3) is 2.86. The molecule has 0 aliphatic carbocycles. The zero-order chi connectivity index (χ0) is 9.84. The largest absolute Gasteiger partial charge is 0.311 e. The van der Waals surface area contributed by atoms with E-state index >= 15 is 0 Å². The molecule has 0 aliphatic rings. The Morgan fingerprint density at radius 2 is 2.15 bits per heavy atom. The Kier molecular flexibility index (Phi) is 3.01. The van der Waals surface area contributed by atoms with Crippen molar-refractivity contribution in [2.24, 2.45) is 0 Å². The van der Waals surface area contributed by atoms with E-state index in [0.717, 1.165) is 5.69 Å². The lowest BCUT2D eigenvalue weighted by Crippen LogP contribution is -2.08. The van der Waals surface area contributed by atoms with Crippen LogP contribution in [0.4, 0.5) is 5.82 Å². The minimum absolute atomic E-state index is 0.0894. The van der Waals surface area contributed by atoms with Crippen LogP contribution in [0.2, 0.25) is 0 Å². The number of carbonyl (C=O) groups excluding carboxylic acids is 1. The van der Waals surface area contributed by atoms with Crippen LogP contribution in [-0.2, 0) is 4.79 Å². The van der Waals surface area contributed by atoms with Gasteiger partial charge in [-0.05, 0) is 18.1 Å². The SMILES string of the molecule is CC(=O)Nc1cccc(C(C)C)n1. The van der Waals surface area contributed by atoms with Crippen molar-refractivity contribution in [1.29, 1.82) is 0 Å². The maximum absolute atomic E-state index is 10.7. The first-order valence-electron chi connectivity index (χ1n) is 4.34. The van der Waals surface area contributed by atoms with Gasteiger partial charge in [0.25, 0.3) is 0 Å². The molecule has 1 amide bonds. The number of rotatable bonds is 2. The van der Waals surface area contributed by atoms with Crippen LogP contribution in [0.5, 0.6) is 0 Å². The second-order valence-electron chi connectivity index (χ2n) is 3.28. The van der Waals surface area contributed by atoms with Gasteiger partial charge in [-0.15, -0.1) is 0 Å². The zero-order valence-electron chi connectivity index (χ0n) is 8.16. The van der Waals surface area contributed by atoms with E-state index in [9.17, 15) is 4.79 Å². The molecule has 0 fully saturated rings. The van der Waals surface area contributed by atoms with Gasteiger partial charge in [0.1, 0.15) is 5.82 Å². The molecule has 0 saturated carbocycles. The molecule has 0 spiro atoms. The van der Waals surface area contributed by atoms with Crippen LogP contribution in [0.1, 0.15) is 32.4 Å². The Bertz CT molecular complexity index is 308. The molecule has 0 unspecified atom stereocenters. The maximum Gasteiger partial charge on any atom is 0.222 e. The summed E-state index contributed by atoms with van der Waals surface area (Å²) in [5.41, 5.74) is 0.992. The van der Waals surface area contributed by atoms with Crippen molar-refractivity contribution < 1.29 is 4.79 Å². The Morgan fingerprint density at radius 1 is 1.46 bits per heavy atom. The van der Waals surface area contributed by atoms with Crippen LogP contribution in [-0.4, -0.2) is 10.9 Å². The Balaban J connectivity index is 2.85. The number of carbonyl (C=O) groups is 1. The first kappa shape index (κ1) is 9.71. The first-order chi connectivity index (χ1) is 6.09. The number of nitrogens with zero attached hydrogens (tertiary/aromatic N) is 1. The van der Waals surface area contributed by atoms with Gasteiger partial charge < -0.3 is 5.32 Å². The van der Waals surface area contributed by atoms with Crippen molar-refractivity contribution in [1.82, 2.24) is 4.98 Å². The van der Waals surface area contributed by atoms with Crippen LogP contribution in [0.3, 0.4) is 0 Å². The summed E-state index contributed by atoms with van der Waals surface area (Å²) in [4.78, 5) is 15.0. The summed E-state index contributed by atoms with van der Waals surface area (Å²) in [6.45, 7) is 5.61. The second-order valence-corrected chi connectivity index (χ2v) is 3.28. The lowest BCUT2D eigenvalue weighted by molar-refractivity contribution is -0.114. The predicted molar refractivity (Wildman–Crippen MR) is 52.6 cm³/mol. The highest BCUT2D eigenvalue weighted by Gasteiger charge is 2.02. The third-order valence-electron chi connectivity index (χ3n) is 1.67. The van der Waals surface area contributed by atoms with E-state index in [1.807, 2.05) is 12.1 Å². The fourth-order valence-corrected chi connectivity index (χ4v) is 1.02. The number of pyridine rings is 1. The number of hydrogen-bond acceptors (Lipinski definition) is 2. The van der Waals surface area contributed by atoms with E-state index in [1.165, 1.54) is 6.92 Å². The maximum atomic E-state index is 10.7. The Hall–Kier alpha value is -1.38. The molecule has 1 N–H and O–H groups in total. The molecular formula is C10H14N2O. The molecule has 3 nitrogen and oxygen atoms in total. The van der Waals surface area contributed by atoms with Gasteiger partial charge in [-0.2, -0.15) is 0 Å². The van der Waals surface area contributed by atoms with Crippen LogP contribution in [0.15, 0.2) is 18.2 Å². The lowest BCUT2D eigenvalue weighted by atomic mass is 10.1. The van der Waals surface area contributed by atoms with E-state index in [4.69, 9.17) is 0 Å². The quantitative estimate of drug-likeness (QED) is 0.754. The monoisotopic (exact) mass is 178 g/mol. The minimum Gasteiger partial charge on any atom is -0.311 e. The zero-order valence-corrected chi connectivity index (χ0v) is 8.16. The van der Waals surface area contributed by atoms with Crippen molar-refractivity contribution in [3.05, 3.63) is 23.9 Å². The smallest absolute Gasteiger partial charge is 0.222 e. The van der Waals surface area contributed by atoms with Gasteiger partial charge in [-0.1, -0.05) is 19.9 Å². The molecule has 1 aromatic heterocycles. The number of hydrogen-bond donors (Lipinski definition) is 1. The molecule has 0 aliphatic heterocycles. The van der Waals surface area contributed by atoms with Crippen LogP contribution in [0, 0.1) is 0 Å². The molecule has 0 saturated heterocycles. The number of anilines is 1. The molecule has 0 bridgehead atoms. The molecule has 1 heterocycles. The molecule has 1 rings (SSSR count). The van der Waals surface area contributed by atoms with Crippen LogP contribution < -0.4 is 5.32 Å². The lowest BCUT2D eigenvalue weighted by Gasteiger charge is -2.06. The summed E-state index contributed by atoms with van der Waals surface area (Å²) >= 11 is 0. The molecular weight excluding hydrogens is 164 g/mol. The average Bonchev–Trinajstić information content (AvgIpc) is 2.03. The van der Waals surface area contributed by atoms with Crippen LogP contribution >= 0.6 is 0 Å². The van der Waals surface area contributed by atoms with Crippen molar-refractivity contribution in [3.63, 3.8) is 0 Å². The molecule has 0 radical (unpaired) electrons. The number of aromatic nitrogens is 1. The highest BCUT2D eigenvalue weighted by molar-refractivity contribution is 5.87. The average molecular weight is 178 g/mol. The molecule has 70 valence electrons. The summed E-state index contributed by atoms with van der Waals surface area (Å²) in [5.74, 6) is 0.917. The minimum atomic E-state index is -0.0894. The summed E-state index contributed by atoms with van der Waals surface area (Å²) in [7, 11) is 0. The Morgan fingerprint density at radius 3 is 2.69 bits per heavy atom. The summed E-state index contributed by atoms with van der Waals surface area (Å²) in [5, 5.41) is 2.65. The van der Waals surface area contributed by atoms with E-state index in [1.54, 1.807) is 6.07 Å². The first-order valence-corrected chi connectivity index (χ1v) is 4.34. The fraction of sp³-hybridized carbons (Fsp3) is 0.400. The van der Waals surface area contributed by atoms with Gasteiger partial charge >= 0.3 is 0 Å². The van der Waals surface area contributed by atoms with Gasteiger partial charge in [0.15, 0.2) is 0 Å². The highest BCUT2D eigenvalue weighted by atomic mass is 16.1. The van der Waals surface area contributed by atoms with E-state index in [-0.39, 0.29) is 5.91 Å². The van der Waals surface area contributed by atoms with Gasteiger partial charge in [-0.3, -0.25) is 4.79 Å². The molecule has 3 heteroatoms. The van der Waals surface area contributed by atoms with E-state index in [0.29, 0.717) is 11.7 Å². The highest BCUT2D eigenvalue weighted by Crippen LogP contribution is 2.13. The summed E-state index contributed by atoms with van der Waals surface area (Å²) in [6.07, 6.45) is 0. The van der Waals surface area contributed by atoms with Crippen molar-refractivity contribution in [3.8, 4) is 0 Å². The fourth-order valence-electron chi connectivity index (χ4n) is 1.02. The third-order valence-corrected chi connectivity index (χ3v) is 1.67. The molecule has 1 aromatic rings. The van der Waals surface area contributed by atoms with Crippen molar-refractivity contribution in [2.45, 2.75) is 26.7 Å². The second kappa shape index (κ2) is 4.03. The topological polar surface area (TPSA) is 42.0 Å². The Labute approximate surface area is 78.2 Å². The van der Waals surface area contributed by atoms with Crippen LogP contribution in [0.25, 0.3) is 0 Å². The van der Waals surface area contributed by atoms with Gasteiger partial charge in [0.2, 0.25) is 5.91 Å². The van der Waals surface area contributed by atoms with Gasteiger partial charge in [0.05, 0.1) is 0 Å². The number of nitrogens with one attached hydrogen (secondary N) is 1. The predicted octanol–water partition coefficient (Wildman–Crippen LogP) is 2.16. The normalized spacial score (nSPS) is 10.2. The van der Waals surface area contributed by atoms with Gasteiger partial charge in [0, 0.05) is 12.6 Å². The molecule has 0 atom stereocenters. The van der Waals surface area contributed by atoms with Crippen molar-refractivity contribution >= 4 is 11.7 Å². The van der Waals surface area contributed by atoms with E-state index in [2.05, 4.69) is 24.1 Å². The molecule has 13 heavy (non-hydrogen) atoms. The van der Waals surface area contributed by atoms with Gasteiger partial charge in [-0.25, -0.2) is 4.98 Å². The summed E-state index contributed by atoms with van der Waals surface area (Å²) in [6, 6.07) is 5.64. The number of amides is 1. The van der Waals surface area contributed by atoms with Crippen molar-refractivity contribution in [2.75, 3.05) is 5.32 Å². The summed E-state index contributed by atoms with van der Waals surface area (Å²) < 4.78 is 0. The van der Waals surface area contributed by atoms with E-state index < -0.39 is 0 Å². The molecule has 0 aromatic carbocycles.